The lowest BCUT2D eigenvalue weighted by atomic mass is 9.68. The highest BCUT2D eigenvalue weighted by Crippen LogP contribution is 2.50. The molecule has 3 amide bonds. The molecule has 1 spiro atoms. The van der Waals surface area contributed by atoms with Crippen molar-refractivity contribution in [2.24, 2.45) is 11.3 Å². The van der Waals surface area contributed by atoms with Crippen LogP contribution in [0.3, 0.4) is 0 Å². The maximum atomic E-state index is 14.3. The fourth-order valence-electron chi connectivity index (χ4n) is 5.66. The van der Waals surface area contributed by atoms with E-state index in [2.05, 4.69) is 10.1 Å². The molecule has 2 unspecified atom stereocenters. The number of likely N-dealkylation sites (tertiary alicyclic amines) is 2. The highest BCUT2D eigenvalue weighted by Gasteiger charge is 2.54. The van der Waals surface area contributed by atoms with Crippen LogP contribution in [0.2, 0.25) is 0 Å². The monoisotopic (exact) mass is 549 g/mol. The Morgan fingerprint density at radius 3 is 2.31 bits per heavy atom. The molecule has 4 rings (SSSR count). The summed E-state index contributed by atoms with van der Waals surface area (Å²) in [7, 11) is 1.78. The van der Waals surface area contributed by atoms with Gasteiger partial charge in [0.25, 0.3) is 5.91 Å². The van der Waals surface area contributed by atoms with Crippen LogP contribution in [0.1, 0.15) is 48.5 Å². The molecule has 2 aromatic carbocycles. The van der Waals surface area contributed by atoms with Crippen LogP contribution >= 0.6 is 0 Å². The van der Waals surface area contributed by atoms with Gasteiger partial charge in [-0.1, -0.05) is 44.2 Å². The van der Waals surface area contributed by atoms with Crippen molar-refractivity contribution in [1.82, 2.24) is 15.1 Å². The van der Waals surface area contributed by atoms with Gasteiger partial charge in [0.05, 0.1) is 11.0 Å². The van der Waals surface area contributed by atoms with Gasteiger partial charge >= 0.3 is 6.36 Å². The smallest absolute Gasteiger partial charge is 0.406 e. The number of piperidine rings is 1. The molecule has 2 aliphatic heterocycles. The number of rotatable bonds is 6. The fourth-order valence-corrected chi connectivity index (χ4v) is 5.66. The molecule has 1 N–H and O–H groups in total. The molecule has 2 aromatic rings. The third-order valence-electron chi connectivity index (χ3n) is 7.70. The Balaban J connectivity index is 1.48. The summed E-state index contributed by atoms with van der Waals surface area (Å²) in [6.07, 6.45) is -4.11. The fraction of sp³-hybridized carbons (Fsp3) is 0.464. The molecule has 0 radical (unpaired) electrons. The van der Waals surface area contributed by atoms with Gasteiger partial charge in [-0.05, 0) is 42.5 Å². The van der Waals surface area contributed by atoms with Crippen molar-refractivity contribution in [3.63, 3.8) is 0 Å². The van der Waals surface area contributed by atoms with E-state index in [1.807, 2.05) is 30.3 Å². The summed E-state index contributed by atoms with van der Waals surface area (Å²) >= 11 is 0. The number of ether oxygens (including phenoxy) is 1. The number of carbonyl (C=O) groups is 3. The van der Waals surface area contributed by atoms with E-state index in [0.29, 0.717) is 44.6 Å². The van der Waals surface area contributed by atoms with Gasteiger partial charge in [0.15, 0.2) is 0 Å². The van der Waals surface area contributed by atoms with Crippen LogP contribution in [0.5, 0.6) is 5.75 Å². The Morgan fingerprint density at radius 2 is 1.72 bits per heavy atom. The van der Waals surface area contributed by atoms with E-state index < -0.39 is 52.7 Å². The first kappa shape index (κ1) is 28.4. The lowest BCUT2D eigenvalue weighted by molar-refractivity contribution is -0.274. The largest absolute Gasteiger partial charge is 0.573 e. The van der Waals surface area contributed by atoms with Crippen molar-refractivity contribution < 1.29 is 36.7 Å². The maximum Gasteiger partial charge on any atom is 0.573 e. The first-order valence-corrected chi connectivity index (χ1v) is 12.8. The van der Waals surface area contributed by atoms with Gasteiger partial charge in [-0.15, -0.1) is 13.2 Å². The average molecular weight is 550 g/mol. The quantitative estimate of drug-likeness (QED) is 0.544. The van der Waals surface area contributed by atoms with Crippen molar-refractivity contribution in [3.05, 3.63) is 65.5 Å². The summed E-state index contributed by atoms with van der Waals surface area (Å²) < 4.78 is 55.9. The number of benzene rings is 2. The Bertz CT molecular complexity index is 1230. The van der Waals surface area contributed by atoms with E-state index in [1.165, 1.54) is 0 Å². The lowest BCUT2D eigenvalue weighted by Crippen LogP contribution is -2.55. The third kappa shape index (κ3) is 5.86. The topological polar surface area (TPSA) is 79.0 Å². The molecule has 0 saturated carbocycles. The highest BCUT2D eigenvalue weighted by molar-refractivity contribution is 5.98. The number of nitrogens with one attached hydrogen (secondary N) is 1. The maximum absolute atomic E-state index is 14.3. The molecular weight excluding hydrogens is 518 g/mol. The second-order valence-corrected chi connectivity index (χ2v) is 10.5. The zero-order valence-electron chi connectivity index (χ0n) is 21.9. The number of likely N-dealkylation sites (N-methyl/N-ethyl adjacent to an activating group) is 1. The van der Waals surface area contributed by atoms with Gasteiger partial charge in [-0.3, -0.25) is 14.4 Å². The third-order valence-corrected chi connectivity index (χ3v) is 7.70. The molecule has 11 heteroatoms. The van der Waals surface area contributed by atoms with Crippen molar-refractivity contribution in [1.29, 1.82) is 0 Å². The number of halogens is 4. The molecule has 0 bridgehead atoms. The molecule has 210 valence electrons. The van der Waals surface area contributed by atoms with E-state index >= 15 is 0 Å². The van der Waals surface area contributed by atoms with Gasteiger partial charge in [-0.2, -0.15) is 0 Å². The predicted octanol–water partition coefficient (Wildman–Crippen LogP) is 4.34. The van der Waals surface area contributed by atoms with Crippen LogP contribution in [-0.4, -0.2) is 66.6 Å². The predicted molar refractivity (Wildman–Crippen MR) is 134 cm³/mol. The Kier molecular flexibility index (Phi) is 7.90. The molecule has 2 atom stereocenters. The van der Waals surface area contributed by atoms with Crippen LogP contribution in [0.15, 0.2) is 48.5 Å². The molecule has 2 fully saturated rings. The molecular formula is C28H31F4N3O4. The van der Waals surface area contributed by atoms with Gasteiger partial charge < -0.3 is 19.9 Å². The molecule has 39 heavy (non-hydrogen) atoms. The Hall–Kier alpha value is -3.63. The van der Waals surface area contributed by atoms with Crippen LogP contribution < -0.4 is 10.1 Å². The van der Waals surface area contributed by atoms with Crippen LogP contribution in [0, 0.1) is 17.2 Å². The van der Waals surface area contributed by atoms with Crippen molar-refractivity contribution in [2.45, 2.75) is 45.0 Å². The zero-order chi connectivity index (χ0) is 28.5. The number of amides is 3. The minimum Gasteiger partial charge on any atom is -0.406 e. The van der Waals surface area contributed by atoms with Gasteiger partial charge in [0.2, 0.25) is 11.8 Å². The number of carbonyl (C=O) groups excluding carboxylic acids is 3. The Morgan fingerprint density at radius 1 is 1.08 bits per heavy atom. The van der Waals surface area contributed by atoms with Crippen LogP contribution in [0.4, 0.5) is 17.6 Å². The standard InChI is InChI=1S/C28H31F4N3O4/c1-17(2)23(33-24(36)20-15-19(9-10-22(20)29)39-28(30,31)32)25(37)35-13-11-27(12-14-35)21(16-34(3)26(27)38)18-7-5-4-6-8-18/h4-10,15,17,21,23H,11-14,16H2,1-3H3,(H,33,36). The zero-order valence-corrected chi connectivity index (χ0v) is 21.9. The lowest BCUT2D eigenvalue weighted by Gasteiger charge is -2.42. The second kappa shape index (κ2) is 10.9. The Labute approximate surface area is 224 Å². The summed E-state index contributed by atoms with van der Waals surface area (Å²) in [5.41, 5.74) is -0.231. The van der Waals surface area contributed by atoms with E-state index in [-0.39, 0.29) is 11.8 Å². The summed E-state index contributed by atoms with van der Waals surface area (Å²) in [6, 6.07) is 10.9. The van der Waals surface area contributed by atoms with E-state index in [0.717, 1.165) is 11.6 Å². The summed E-state index contributed by atoms with van der Waals surface area (Å²) in [4.78, 5) is 43.0. The van der Waals surface area contributed by atoms with E-state index in [9.17, 15) is 31.9 Å². The summed E-state index contributed by atoms with van der Waals surface area (Å²) in [5, 5.41) is 2.49. The van der Waals surface area contributed by atoms with Crippen molar-refractivity contribution >= 4 is 17.7 Å². The highest BCUT2D eigenvalue weighted by atomic mass is 19.4. The SMILES string of the molecule is CC(C)C(NC(=O)c1cc(OC(F)(F)F)ccc1F)C(=O)N1CCC2(CC1)C(=O)N(C)CC2c1ccccc1. The molecule has 2 aliphatic rings. The molecule has 2 heterocycles. The second-order valence-electron chi connectivity index (χ2n) is 10.5. The van der Waals surface area contributed by atoms with Gasteiger partial charge in [0.1, 0.15) is 17.6 Å². The van der Waals surface area contributed by atoms with Crippen LogP contribution in [0.25, 0.3) is 0 Å². The first-order valence-electron chi connectivity index (χ1n) is 12.8. The number of hydrogen-bond acceptors (Lipinski definition) is 4. The van der Waals surface area contributed by atoms with E-state index in [1.54, 1.807) is 30.7 Å². The minimum atomic E-state index is -5.01. The number of nitrogens with zero attached hydrogens (tertiary/aromatic N) is 2. The number of alkyl halides is 3. The normalized spacial score (nSPS) is 19.9. The molecule has 2 saturated heterocycles. The first-order chi connectivity index (χ1) is 18.3. The van der Waals surface area contributed by atoms with Crippen LogP contribution in [-0.2, 0) is 9.59 Å². The average Bonchev–Trinajstić information content (AvgIpc) is 3.12. The van der Waals surface area contributed by atoms with Crippen molar-refractivity contribution in [3.8, 4) is 5.75 Å². The molecule has 0 aromatic heterocycles. The summed E-state index contributed by atoms with van der Waals surface area (Å²) in [6.45, 7) is 4.59. The van der Waals surface area contributed by atoms with E-state index in [4.69, 9.17) is 0 Å². The number of hydrogen-bond donors (Lipinski definition) is 1. The summed E-state index contributed by atoms with van der Waals surface area (Å²) in [5.74, 6) is -3.58. The van der Waals surface area contributed by atoms with Gasteiger partial charge in [0, 0.05) is 32.6 Å². The van der Waals surface area contributed by atoms with Crippen molar-refractivity contribution in [2.75, 3.05) is 26.7 Å². The molecule has 0 aliphatic carbocycles. The minimum absolute atomic E-state index is 0.0109. The van der Waals surface area contributed by atoms with Gasteiger partial charge in [-0.25, -0.2) is 4.39 Å². The molecule has 7 nitrogen and oxygen atoms in total.